The van der Waals surface area contributed by atoms with Crippen molar-refractivity contribution in [1.82, 2.24) is 0 Å². The third-order valence-electron chi connectivity index (χ3n) is 2.61. The van der Waals surface area contributed by atoms with Crippen molar-refractivity contribution in [3.63, 3.8) is 0 Å². The maximum Gasteiger partial charge on any atom is 0.0783 e. The van der Waals surface area contributed by atoms with Crippen molar-refractivity contribution < 1.29 is 4.90 Å². The molecule has 0 amide bonds. The number of rotatable bonds is 6. The summed E-state index contributed by atoms with van der Waals surface area (Å²) >= 11 is 0. The van der Waals surface area contributed by atoms with E-state index in [0.29, 0.717) is 0 Å². The number of nitrogens with zero attached hydrogens (tertiary/aromatic N) is 1. The van der Waals surface area contributed by atoms with Crippen molar-refractivity contribution in [2.24, 2.45) is 0 Å². The minimum absolute atomic E-state index is 1.09. The fourth-order valence-electron chi connectivity index (χ4n) is 1.73. The van der Waals surface area contributed by atoms with Crippen LogP contribution in [0.1, 0.15) is 13.3 Å². The van der Waals surface area contributed by atoms with Crippen molar-refractivity contribution in [3.8, 4) is 0 Å². The van der Waals surface area contributed by atoms with Gasteiger partial charge in [-0.1, -0.05) is 18.2 Å². The topological polar surface area (TPSA) is 7.68 Å². The fourth-order valence-corrected chi connectivity index (χ4v) is 1.73. The molecule has 0 saturated heterocycles. The van der Waals surface area contributed by atoms with Crippen LogP contribution in [0.2, 0.25) is 0 Å². The number of hydrogen-bond donors (Lipinski definition) is 1. The third-order valence-corrected chi connectivity index (χ3v) is 2.61. The first-order chi connectivity index (χ1) is 7.24. The van der Waals surface area contributed by atoms with E-state index in [4.69, 9.17) is 0 Å². The Morgan fingerprint density at radius 1 is 1.13 bits per heavy atom. The zero-order valence-electron chi connectivity index (χ0n) is 10.2. The van der Waals surface area contributed by atoms with Crippen molar-refractivity contribution in [3.05, 3.63) is 30.3 Å². The summed E-state index contributed by atoms with van der Waals surface area (Å²) < 4.78 is 0. The van der Waals surface area contributed by atoms with Gasteiger partial charge < -0.3 is 9.80 Å². The summed E-state index contributed by atoms with van der Waals surface area (Å²) in [6.45, 7) is 5.71. The van der Waals surface area contributed by atoms with E-state index in [1.807, 2.05) is 0 Å². The molecule has 0 unspecified atom stereocenters. The maximum atomic E-state index is 2.43. The Balaban J connectivity index is 2.43. The molecule has 84 valence electrons. The van der Waals surface area contributed by atoms with E-state index in [2.05, 4.69) is 56.3 Å². The molecule has 1 rings (SSSR count). The molecule has 0 aliphatic heterocycles. The number of para-hydroxylation sites is 1. The van der Waals surface area contributed by atoms with Crippen LogP contribution in [0.25, 0.3) is 0 Å². The first-order valence-electron chi connectivity index (χ1n) is 5.83. The second-order valence-electron chi connectivity index (χ2n) is 4.23. The summed E-state index contributed by atoms with van der Waals surface area (Å²) in [6, 6.07) is 10.7. The van der Waals surface area contributed by atoms with E-state index < -0.39 is 0 Å². The number of quaternary nitrogens is 1. The van der Waals surface area contributed by atoms with Gasteiger partial charge in [-0.05, 0) is 19.1 Å². The van der Waals surface area contributed by atoms with E-state index in [9.17, 15) is 0 Å². The van der Waals surface area contributed by atoms with Gasteiger partial charge >= 0.3 is 0 Å². The Morgan fingerprint density at radius 3 is 2.33 bits per heavy atom. The second-order valence-corrected chi connectivity index (χ2v) is 4.23. The van der Waals surface area contributed by atoms with E-state index >= 15 is 0 Å². The second kappa shape index (κ2) is 6.46. The highest BCUT2D eigenvalue weighted by atomic mass is 15.1. The van der Waals surface area contributed by atoms with E-state index in [1.165, 1.54) is 23.6 Å². The van der Waals surface area contributed by atoms with Gasteiger partial charge in [0.05, 0.1) is 20.6 Å². The van der Waals surface area contributed by atoms with Gasteiger partial charge in [0.1, 0.15) is 0 Å². The molecule has 0 fully saturated rings. The van der Waals surface area contributed by atoms with Crippen molar-refractivity contribution in [1.29, 1.82) is 0 Å². The summed E-state index contributed by atoms with van der Waals surface area (Å²) in [4.78, 5) is 3.96. The van der Waals surface area contributed by atoms with E-state index in [-0.39, 0.29) is 0 Å². The molecule has 1 aromatic carbocycles. The lowest BCUT2D eigenvalue weighted by atomic mass is 10.2. The normalized spacial score (nSPS) is 10.7. The Hall–Kier alpha value is -1.02. The van der Waals surface area contributed by atoms with Crippen molar-refractivity contribution >= 4 is 5.69 Å². The largest absolute Gasteiger partial charge is 0.372 e. The predicted octanol–water partition coefficient (Wildman–Crippen LogP) is 1.05. The van der Waals surface area contributed by atoms with Crippen LogP contribution in [0.3, 0.4) is 0 Å². The molecule has 0 radical (unpaired) electrons. The van der Waals surface area contributed by atoms with Crippen LogP contribution in [-0.2, 0) is 0 Å². The van der Waals surface area contributed by atoms with Gasteiger partial charge in [0.2, 0.25) is 0 Å². The van der Waals surface area contributed by atoms with E-state index in [1.54, 1.807) is 0 Å². The van der Waals surface area contributed by atoms with Crippen molar-refractivity contribution in [2.45, 2.75) is 13.3 Å². The Morgan fingerprint density at radius 2 is 1.80 bits per heavy atom. The smallest absolute Gasteiger partial charge is 0.0783 e. The molecule has 0 saturated carbocycles. The predicted molar refractivity (Wildman–Crippen MR) is 66.6 cm³/mol. The summed E-state index contributed by atoms with van der Waals surface area (Å²) in [5.74, 6) is 0. The summed E-state index contributed by atoms with van der Waals surface area (Å²) in [6.07, 6.45) is 1.26. The SMILES string of the molecule is CCN(CCC[NH+](C)C)c1ccccc1. The standard InChI is InChI=1S/C13H22N2/c1-4-15(12-8-11-14(2)3)13-9-6-5-7-10-13/h5-7,9-10H,4,8,11-12H2,1-3H3/p+1. The van der Waals surface area contributed by atoms with Crippen molar-refractivity contribution in [2.75, 3.05) is 38.6 Å². The van der Waals surface area contributed by atoms with E-state index in [0.717, 1.165) is 13.1 Å². The maximum absolute atomic E-state index is 2.43. The van der Waals surface area contributed by atoms with Crippen LogP contribution < -0.4 is 9.80 Å². The van der Waals surface area contributed by atoms with Gasteiger partial charge in [-0.3, -0.25) is 0 Å². The molecule has 1 aromatic rings. The van der Waals surface area contributed by atoms with Gasteiger partial charge in [-0.15, -0.1) is 0 Å². The molecule has 0 bridgehead atoms. The van der Waals surface area contributed by atoms with Crippen LogP contribution in [-0.4, -0.2) is 33.7 Å². The zero-order valence-corrected chi connectivity index (χ0v) is 10.2. The molecular formula is C13H23N2+. The molecule has 2 nitrogen and oxygen atoms in total. The average molecular weight is 207 g/mol. The molecule has 2 heteroatoms. The highest BCUT2D eigenvalue weighted by molar-refractivity contribution is 5.45. The van der Waals surface area contributed by atoms with Gasteiger partial charge in [-0.2, -0.15) is 0 Å². The lowest BCUT2D eigenvalue weighted by Gasteiger charge is -2.23. The first-order valence-corrected chi connectivity index (χ1v) is 5.83. The molecule has 0 spiro atoms. The molecular weight excluding hydrogens is 184 g/mol. The monoisotopic (exact) mass is 207 g/mol. The quantitative estimate of drug-likeness (QED) is 0.732. The fraction of sp³-hybridized carbons (Fsp3) is 0.538. The molecule has 0 aliphatic rings. The van der Waals surface area contributed by atoms with Crippen LogP contribution >= 0.6 is 0 Å². The Labute approximate surface area is 93.5 Å². The molecule has 0 heterocycles. The number of nitrogens with one attached hydrogen (secondary N) is 1. The first kappa shape index (κ1) is 12.1. The molecule has 15 heavy (non-hydrogen) atoms. The molecule has 0 atom stereocenters. The van der Waals surface area contributed by atoms with Crippen LogP contribution in [0.4, 0.5) is 5.69 Å². The van der Waals surface area contributed by atoms with Crippen LogP contribution in [0, 0.1) is 0 Å². The lowest BCUT2D eigenvalue weighted by molar-refractivity contribution is -0.858. The number of hydrogen-bond acceptors (Lipinski definition) is 1. The molecule has 1 N–H and O–H groups in total. The Kier molecular flexibility index (Phi) is 5.19. The Bertz CT molecular complexity index is 256. The minimum atomic E-state index is 1.09. The number of anilines is 1. The summed E-state index contributed by atoms with van der Waals surface area (Å²) in [5, 5.41) is 0. The van der Waals surface area contributed by atoms with Gasteiger partial charge in [0.25, 0.3) is 0 Å². The van der Waals surface area contributed by atoms with Crippen LogP contribution in [0.5, 0.6) is 0 Å². The van der Waals surface area contributed by atoms with Gasteiger partial charge in [-0.25, -0.2) is 0 Å². The van der Waals surface area contributed by atoms with Crippen LogP contribution in [0.15, 0.2) is 30.3 Å². The highest BCUT2D eigenvalue weighted by Gasteiger charge is 2.03. The molecule has 0 aliphatic carbocycles. The summed E-state index contributed by atoms with van der Waals surface area (Å²) in [7, 11) is 4.41. The number of benzene rings is 1. The lowest BCUT2D eigenvalue weighted by Crippen LogP contribution is -3.05. The van der Waals surface area contributed by atoms with Gasteiger partial charge in [0.15, 0.2) is 0 Å². The van der Waals surface area contributed by atoms with Gasteiger partial charge in [0, 0.05) is 25.2 Å². The average Bonchev–Trinajstić information content (AvgIpc) is 2.25. The molecule has 0 aromatic heterocycles. The summed E-state index contributed by atoms with van der Waals surface area (Å²) in [5.41, 5.74) is 1.34. The zero-order chi connectivity index (χ0) is 11.1. The minimum Gasteiger partial charge on any atom is -0.372 e. The third kappa shape index (κ3) is 4.34. The highest BCUT2D eigenvalue weighted by Crippen LogP contribution is 2.12.